The molecule has 1 aliphatic rings. The number of aromatic nitrogens is 2. The summed E-state index contributed by atoms with van der Waals surface area (Å²) in [6, 6.07) is 1.22. The predicted octanol–water partition coefficient (Wildman–Crippen LogP) is -4.66. The van der Waals surface area contributed by atoms with Gasteiger partial charge in [-0.15, -0.1) is 0 Å². The Labute approximate surface area is 178 Å². The van der Waals surface area contributed by atoms with E-state index < -0.39 is 61.0 Å². The lowest BCUT2D eigenvalue weighted by atomic mass is 10.1. The van der Waals surface area contributed by atoms with Gasteiger partial charge in [0.2, 0.25) is 0 Å². The number of nitrogens with two attached hydrogens (primary N) is 4. The number of nitrogen functional groups attached to an aromatic ring is 1. The highest BCUT2D eigenvalue weighted by Crippen LogP contribution is 2.74. The van der Waals surface area contributed by atoms with Crippen LogP contribution in [0, 0.1) is 0 Å². The molecule has 0 aliphatic carbocycles. The van der Waals surface area contributed by atoms with Gasteiger partial charge >= 0.3 is 29.9 Å². The van der Waals surface area contributed by atoms with Gasteiger partial charge in [0, 0.05) is 10.5 Å². The third kappa shape index (κ3) is 6.61. The summed E-state index contributed by atoms with van der Waals surface area (Å²) in [7, 11) is -15.8. The molecule has 184 valence electrons. The second-order valence-electron chi connectivity index (χ2n) is 5.73. The fourth-order valence-corrected chi connectivity index (χ4v) is 5.85. The van der Waals surface area contributed by atoms with Crippen LogP contribution in [0.25, 0.3) is 0 Å². The minimum Gasteiger partial charge on any atom is -0.601 e. The first-order valence-electron chi connectivity index (χ1n) is 7.90. The van der Waals surface area contributed by atoms with Gasteiger partial charge in [0.25, 0.3) is 0 Å². The highest BCUT2D eigenvalue weighted by Gasteiger charge is 2.57. The molecule has 0 aromatic carbocycles. The first-order valence-corrected chi connectivity index (χ1v) is 12.3. The van der Waals surface area contributed by atoms with Crippen LogP contribution in [0.4, 0.5) is 5.82 Å². The van der Waals surface area contributed by atoms with Crippen LogP contribution in [0.5, 0.6) is 0 Å². The van der Waals surface area contributed by atoms with Crippen LogP contribution >= 0.6 is 24.2 Å². The summed E-state index contributed by atoms with van der Waals surface area (Å²) < 4.78 is 41.4. The SMILES string of the molecule is NOP(=O)(O)O[P+]([O-])(ON)O[P+]([O-])(ON)OC[C@H]1O[C@@H](n2ccc(N)nc2=O)[C@@H](O)[C@@H]1O. The largest absolute Gasteiger partial charge is 0.601 e. The minimum atomic E-state index is -5.39. The monoisotopic (exact) mass is 528 g/mol. The maximum absolute atomic E-state index is 12.4. The van der Waals surface area contributed by atoms with Crippen molar-refractivity contribution in [2.75, 3.05) is 12.3 Å². The number of nitrogens with zero attached hydrogens (tertiary/aromatic N) is 2. The number of hydrogen-bond acceptors (Lipinski definition) is 18. The topological polar surface area (TPSA) is 327 Å². The Morgan fingerprint density at radius 2 is 1.84 bits per heavy atom. The maximum atomic E-state index is 12.4. The molecule has 20 nitrogen and oxygen atoms in total. The zero-order valence-corrected chi connectivity index (χ0v) is 18.2. The molecule has 0 saturated carbocycles. The van der Waals surface area contributed by atoms with Crippen LogP contribution in [0.2, 0.25) is 0 Å². The first-order chi connectivity index (χ1) is 14.8. The van der Waals surface area contributed by atoms with Crippen molar-refractivity contribution in [3.63, 3.8) is 0 Å². The Kier molecular flexibility index (Phi) is 9.10. The van der Waals surface area contributed by atoms with Gasteiger partial charge < -0.3 is 30.5 Å². The molecule has 0 radical (unpaired) electrons. The van der Waals surface area contributed by atoms with E-state index in [2.05, 4.69) is 39.3 Å². The van der Waals surface area contributed by atoms with Crippen LogP contribution in [-0.4, -0.2) is 49.6 Å². The molecule has 3 unspecified atom stereocenters. The first kappa shape index (κ1) is 27.4. The Hall–Kier alpha value is -0.830. The molecule has 0 spiro atoms. The molecule has 0 amide bonds. The maximum Gasteiger partial charge on any atom is 0.527 e. The minimum absolute atomic E-state index is 0.112. The van der Waals surface area contributed by atoms with Gasteiger partial charge in [-0.2, -0.15) is 25.9 Å². The zero-order valence-electron chi connectivity index (χ0n) is 15.5. The van der Waals surface area contributed by atoms with E-state index in [1.807, 2.05) is 0 Å². The standard InChI is InChI=1S/C9H19N6O14P3/c10-5-1-2-15(9(18)14-5)8-7(17)6(16)4(24-8)3-23-31(21,26-12)29-32(22,27-13)28-30(19,20)25-11/h1-2,4,6-8,16-17H,3,11-13H2,(H,19,20)(H2,10,14,18)/t4-,6-,7+,8-,31?,32?/m1/s1. The molecular formula is C9H19N6O14P3. The third-order valence-electron chi connectivity index (χ3n) is 3.65. The van der Waals surface area contributed by atoms with E-state index in [4.69, 9.17) is 25.8 Å². The van der Waals surface area contributed by atoms with Gasteiger partial charge in [0.05, 0.1) is 0 Å². The van der Waals surface area contributed by atoms with Gasteiger partial charge in [-0.25, -0.2) is 15.3 Å². The number of aliphatic hydroxyl groups excluding tert-OH is 2. The summed E-state index contributed by atoms with van der Waals surface area (Å²) in [5.41, 5.74) is 4.45. The van der Waals surface area contributed by atoms with Crippen molar-refractivity contribution in [1.82, 2.24) is 9.55 Å². The number of hydrogen-bond donors (Lipinski definition) is 7. The zero-order chi connectivity index (χ0) is 24.3. The quantitative estimate of drug-likeness (QED) is 0.105. The van der Waals surface area contributed by atoms with Crippen molar-refractivity contribution in [2.24, 2.45) is 17.7 Å². The lowest BCUT2D eigenvalue weighted by molar-refractivity contribution is -0.268. The number of aliphatic hydroxyl groups is 2. The molecule has 0 bridgehead atoms. The molecule has 11 N–H and O–H groups in total. The van der Waals surface area contributed by atoms with Gasteiger partial charge in [-0.3, -0.25) is 9.46 Å². The van der Waals surface area contributed by atoms with E-state index >= 15 is 0 Å². The Morgan fingerprint density at radius 1 is 1.22 bits per heavy atom. The van der Waals surface area contributed by atoms with Crippen molar-refractivity contribution in [2.45, 2.75) is 24.5 Å². The average Bonchev–Trinajstić information content (AvgIpc) is 3.00. The number of rotatable bonds is 11. The smallest absolute Gasteiger partial charge is 0.527 e. The lowest BCUT2D eigenvalue weighted by Crippen LogP contribution is -2.37. The Balaban J connectivity index is 2.11. The van der Waals surface area contributed by atoms with Crippen LogP contribution < -0.4 is 38.9 Å². The van der Waals surface area contributed by atoms with Crippen LogP contribution in [0.1, 0.15) is 6.23 Å². The molecule has 1 fully saturated rings. The van der Waals surface area contributed by atoms with Crippen molar-refractivity contribution in [3.8, 4) is 0 Å². The highest BCUT2D eigenvalue weighted by molar-refractivity contribution is 7.71. The Morgan fingerprint density at radius 3 is 2.38 bits per heavy atom. The summed E-state index contributed by atoms with van der Waals surface area (Å²) in [5, 5.41) is 20.3. The summed E-state index contributed by atoms with van der Waals surface area (Å²) in [6.07, 6.45) is -5.27. The van der Waals surface area contributed by atoms with Crippen LogP contribution in [-0.2, 0) is 36.3 Å². The summed E-state index contributed by atoms with van der Waals surface area (Å²) in [5.74, 6) is 13.7. The third-order valence-corrected chi connectivity index (χ3v) is 8.13. The Bertz CT molecular complexity index is 896. The summed E-state index contributed by atoms with van der Waals surface area (Å²) in [4.78, 5) is 49.0. The molecular weight excluding hydrogens is 509 g/mol. The van der Waals surface area contributed by atoms with Crippen molar-refractivity contribution in [3.05, 3.63) is 22.7 Å². The van der Waals surface area contributed by atoms with Gasteiger partial charge in [-0.1, -0.05) is 13.6 Å². The molecule has 1 saturated heterocycles. The van der Waals surface area contributed by atoms with Gasteiger partial charge in [0.15, 0.2) is 6.23 Å². The number of anilines is 1. The second kappa shape index (κ2) is 10.6. The van der Waals surface area contributed by atoms with E-state index in [0.29, 0.717) is 0 Å². The molecule has 7 atom stereocenters. The van der Waals surface area contributed by atoms with E-state index in [9.17, 15) is 29.4 Å². The van der Waals surface area contributed by atoms with Crippen molar-refractivity contribution in [1.29, 1.82) is 0 Å². The molecule has 1 aliphatic heterocycles. The fourth-order valence-electron chi connectivity index (χ4n) is 2.28. The van der Waals surface area contributed by atoms with E-state index in [1.165, 1.54) is 6.07 Å². The van der Waals surface area contributed by atoms with Gasteiger partial charge in [0.1, 0.15) is 30.7 Å². The number of ether oxygens (including phenoxy) is 1. The highest BCUT2D eigenvalue weighted by atomic mass is 31.3. The van der Waals surface area contributed by atoms with Crippen molar-refractivity contribution >= 4 is 30.0 Å². The van der Waals surface area contributed by atoms with Gasteiger partial charge in [-0.05, 0) is 6.07 Å². The second-order valence-corrected chi connectivity index (χ2v) is 10.6. The molecule has 2 heterocycles. The van der Waals surface area contributed by atoms with Crippen LogP contribution in [0.3, 0.4) is 0 Å². The van der Waals surface area contributed by atoms with Crippen molar-refractivity contribution < 1.29 is 61.2 Å². The fraction of sp³-hybridized carbons (Fsp3) is 0.556. The predicted molar refractivity (Wildman–Crippen MR) is 96.4 cm³/mol. The van der Waals surface area contributed by atoms with E-state index in [0.717, 1.165) is 10.8 Å². The average molecular weight is 528 g/mol. The molecule has 2 rings (SSSR count). The van der Waals surface area contributed by atoms with E-state index in [1.54, 1.807) is 0 Å². The number of phosphoric acid groups is 3. The molecule has 32 heavy (non-hydrogen) atoms. The normalized spacial score (nSPS) is 29.2. The van der Waals surface area contributed by atoms with Crippen LogP contribution in [0.15, 0.2) is 17.1 Å². The van der Waals surface area contributed by atoms with E-state index in [-0.39, 0.29) is 5.82 Å². The molecule has 1 aromatic heterocycles. The lowest BCUT2D eigenvalue weighted by Gasteiger charge is -2.27. The molecule has 23 heteroatoms. The summed E-state index contributed by atoms with van der Waals surface area (Å²) in [6.45, 7) is -0.935. The summed E-state index contributed by atoms with van der Waals surface area (Å²) >= 11 is 0. The molecule has 1 aromatic rings.